The summed E-state index contributed by atoms with van der Waals surface area (Å²) in [6.45, 7) is 4.40. The molecule has 0 amide bonds. The molecule has 0 radical (unpaired) electrons. The number of aromatic hydroxyl groups is 1. The maximum absolute atomic E-state index is 9.39. The van der Waals surface area contributed by atoms with Crippen molar-refractivity contribution in [2.24, 2.45) is 5.73 Å². The molecule has 1 atom stereocenters. The normalized spacial score (nSPS) is 12.2. The molecule has 0 aliphatic heterocycles. The second-order valence-electron chi connectivity index (χ2n) is 4.77. The molecule has 3 heteroatoms. The first-order chi connectivity index (χ1) is 9.06. The molecule has 19 heavy (non-hydrogen) atoms. The van der Waals surface area contributed by atoms with Gasteiger partial charge in [0.2, 0.25) is 0 Å². The number of aryl methyl sites for hydroxylation is 1. The summed E-state index contributed by atoms with van der Waals surface area (Å²) in [7, 11) is 0. The highest BCUT2D eigenvalue weighted by Crippen LogP contribution is 2.23. The Morgan fingerprint density at radius 1 is 1.21 bits per heavy atom. The van der Waals surface area contributed by atoms with E-state index in [-0.39, 0.29) is 11.8 Å². The van der Waals surface area contributed by atoms with Gasteiger partial charge in [0.15, 0.2) is 0 Å². The minimum absolute atomic E-state index is 0.0267. The second-order valence-corrected chi connectivity index (χ2v) is 4.77. The number of ether oxygens (including phenoxy) is 1. The van der Waals surface area contributed by atoms with Crippen LogP contribution in [0.25, 0.3) is 0 Å². The first-order valence-electron chi connectivity index (χ1n) is 6.33. The summed E-state index contributed by atoms with van der Waals surface area (Å²) in [5.74, 6) is 1.10. The predicted octanol–water partition coefficient (Wildman–Crippen LogP) is 3.30. The van der Waals surface area contributed by atoms with E-state index in [4.69, 9.17) is 10.5 Å². The van der Waals surface area contributed by atoms with Crippen LogP contribution in [0.1, 0.15) is 29.7 Å². The van der Waals surface area contributed by atoms with Crippen LogP contribution in [0.3, 0.4) is 0 Å². The van der Waals surface area contributed by atoms with Gasteiger partial charge < -0.3 is 15.6 Å². The van der Waals surface area contributed by atoms with Gasteiger partial charge in [-0.3, -0.25) is 0 Å². The summed E-state index contributed by atoms with van der Waals surface area (Å²) < 4.78 is 5.76. The highest BCUT2D eigenvalue weighted by atomic mass is 16.5. The Balaban J connectivity index is 2.07. The topological polar surface area (TPSA) is 55.5 Å². The zero-order valence-corrected chi connectivity index (χ0v) is 11.3. The average molecular weight is 257 g/mol. The minimum atomic E-state index is 0.0267. The predicted molar refractivity (Wildman–Crippen MR) is 76.2 cm³/mol. The SMILES string of the molecule is Cc1cc([C@H](C)N)ccc1OCc1cccc(O)c1. The lowest BCUT2D eigenvalue weighted by Gasteiger charge is -2.12. The van der Waals surface area contributed by atoms with Gasteiger partial charge >= 0.3 is 0 Å². The van der Waals surface area contributed by atoms with Gasteiger partial charge in [-0.1, -0.05) is 24.3 Å². The third kappa shape index (κ3) is 3.48. The zero-order chi connectivity index (χ0) is 13.8. The van der Waals surface area contributed by atoms with Crippen molar-refractivity contribution in [2.45, 2.75) is 26.5 Å². The molecule has 2 aromatic rings. The molecule has 0 heterocycles. The van der Waals surface area contributed by atoms with Crippen LogP contribution in [0, 0.1) is 6.92 Å². The van der Waals surface area contributed by atoms with Crippen LogP contribution < -0.4 is 10.5 Å². The van der Waals surface area contributed by atoms with E-state index in [9.17, 15) is 5.11 Å². The molecule has 100 valence electrons. The molecule has 2 rings (SSSR count). The summed E-state index contributed by atoms with van der Waals surface area (Å²) >= 11 is 0. The Labute approximate surface area is 113 Å². The Kier molecular flexibility index (Phi) is 4.07. The molecular weight excluding hydrogens is 238 g/mol. The van der Waals surface area contributed by atoms with Crippen molar-refractivity contribution in [3.63, 3.8) is 0 Å². The largest absolute Gasteiger partial charge is 0.508 e. The molecule has 0 spiro atoms. The molecule has 0 aliphatic rings. The molecular formula is C16H19NO2. The Hall–Kier alpha value is -2.00. The smallest absolute Gasteiger partial charge is 0.122 e. The van der Waals surface area contributed by atoms with Gasteiger partial charge in [-0.05, 0) is 48.7 Å². The molecule has 0 bridgehead atoms. The molecule has 2 aromatic carbocycles. The standard InChI is InChI=1S/C16H19NO2/c1-11-8-14(12(2)17)6-7-16(11)19-10-13-4-3-5-15(18)9-13/h3-9,12,18H,10,17H2,1-2H3/t12-/m0/s1. The average Bonchev–Trinajstić information content (AvgIpc) is 2.37. The van der Waals surface area contributed by atoms with E-state index < -0.39 is 0 Å². The van der Waals surface area contributed by atoms with E-state index in [0.29, 0.717) is 6.61 Å². The van der Waals surface area contributed by atoms with Gasteiger partial charge in [-0.15, -0.1) is 0 Å². The number of phenolic OH excluding ortho intramolecular Hbond substituents is 1. The van der Waals surface area contributed by atoms with Crippen molar-refractivity contribution in [2.75, 3.05) is 0 Å². The van der Waals surface area contributed by atoms with Crippen molar-refractivity contribution in [3.05, 3.63) is 59.2 Å². The highest BCUT2D eigenvalue weighted by molar-refractivity contribution is 5.37. The van der Waals surface area contributed by atoms with E-state index in [0.717, 1.165) is 22.4 Å². The van der Waals surface area contributed by atoms with Crippen LogP contribution in [0.2, 0.25) is 0 Å². The van der Waals surface area contributed by atoms with Gasteiger partial charge in [-0.25, -0.2) is 0 Å². The number of benzene rings is 2. The summed E-state index contributed by atoms with van der Waals surface area (Å²) in [5, 5.41) is 9.39. The van der Waals surface area contributed by atoms with Crippen LogP contribution in [-0.2, 0) is 6.61 Å². The molecule has 3 N–H and O–H groups in total. The highest BCUT2D eigenvalue weighted by Gasteiger charge is 2.05. The Morgan fingerprint density at radius 3 is 2.63 bits per heavy atom. The zero-order valence-electron chi connectivity index (χ0n) is 11.3. The van der Waals surface area contributed by atoms with Gasteiger partial charge in [0.05, 0.1) is 0 Å². The van der Waals surface area contributed by atoms with Crippen LogP contribution in [0.5, 0.6) is 11.5 Å². The summed E-state index contributed by atoms with van der Waals surface area (Å²) in [6.07, 6.45) is 0. The molecule has 0 saturated carbocycles. The van der Waals surface area contributed by atoms with Gasteiger partial charge in [-0.2, -0.15) is 0 Å². The van der Waals surface area contributed by atoms with Crippen LogP contribution in [0.15, 0.2) is 42.5 Å². The maximum Gasteiger partial charge on any atom is 0.122 e. The monoisotopic (exact) mass is 257 g/mol. The molecule has 0 aromatic heterocycles. The Morgan fingerprint density at radius 2 is 2.00 bits per heavy atom. The summed E-state index contributed by atoms with van der Waals surface area (Å²) in [6, 6.07) is 13.1. The molecule has 0 aliphatic carbocycles. The second kappa shape index (κ2) is 5.76. The van der Waals surface area contributed by atoms with Crippen molar-refractivity contribution in [3.8, 4) is 11.5 Å². The first kappa shape index (κ1) is 13.4. The van der Waals surface area contributed by atoms with Crippen molar-refractivity contribution >= 4 is 0 Å². The fourth-order valence-corrected chi connectivity index (χ4v) is 1.93. The third-order valence-electron chi connectivity index (χ3n) is 3.03. The van der Waals surface area contributed by atoms with E-state index in [1.54, 1.807) is 18.2 Å². The fraction of sp³-hybridized carbons (Fsp3) is 0.250. The number of hydrogen-bond donors (Lipinski definition) is 2. The maximum atomic E-state index is 9.39. The van der Waals surface area contributed by atoms with E-state index in [1.165, 1.54) is 0 Å². The van der Waals surface area contributed by atoms with Crippen LogP contribution in [-0.4, -0.2) is 5.11 Å². The molecule has 0 unspecified atom stereocenters. The van der Waals surface area contributed by atoms with E-state index >= 15 is 0 Å². The van der Waals surface area contributed by atoms with Crippen LogP contribution in [0.4, 0.5) is 0 Å². The van der Waals surface area contributed by atoms with Crippen molar-refractivity contribution < 1.29 is 9.84 Å². The lowest BCUT2D eigenvalue weighted by atomic mass is 10.1. The van der Waals surface area contributed by atoms with Crippen molar-refractivity contribution in [1.29, 1.82) is 0 Å². The van der Waals surface area contributed by atoms with Gasteiger partial charge in [0.25, 0.3) is 0 Å². The lowest BCUT2D eigenvalue weighted by molar-refractivity contribution is 0.303. The minimum Gasteiger partial charge on any atom is -0.508 e. The molecule has 3 nitrogen and oxygen atoms in total. The fourth-order valence-electron chi connectivity index (χ4n) is 1.93. The number of nitrogens with two attached hydrogens (primary N) is 1. The number of rotatable bonds is 4. The van der Waals surface area contributed by atoms with E-state index in [1.807, 2.05) is 38.1 Å². The van der Waals surface area contributed by atoms with Gasteiger partial charge in [0.1, 0.15) is 18.1 Å². The van der Waals surface area contributed by atoms with Crippen LogP contribution >= 0.6 is 0 Å². The summed E-state index contributed by atoms with van der Waals surface area (Å²) in [4.78, 5) is 0. The lowest BCUT2D eigenvalue weighted by Crippen LogP contribution is -2.05. The molecule has 0 saturated heterocycles. The molecule has 0 fully saturated rings. The van der Waals surface area contributed by atoms with E-state index in [2.05, 4.69) is 0 Å². The van der Waals surface area contributed by atoms with Crippen molar-refractivity contribution in [1.82, 2.24) is 0 Å². The Bertz CT molecular complexity index is 564. The van der Waals surface area contributed by atoms with Gasteiger partial charge in [0, 0.05) is 6.04 Å². The number of hydrogen-bond acceptors (Lipinski definition) is 3. The first-order valence-corrected chi connectivity index (χ1v) is 6.33. The number of phenols is 1. The third-order valence-corrected chi connectivity index (χ3v) is 3.03. The summed E-state index contributed by atoms with van der Waals surface area (Å²) in [5.41, 5.74) is 8.95. The quantitative estimate of drug-likeness (QED) is 0.883.